The van der Waals surface area contributed by atoms with Crippen LogP contribution < -0.4 is 4.74 Å². The number of halogens is 3. The summed E-state index contributed by atoms with van der Waals surface area (Å²) >= 11 is 18.4. The van der Waals surface area contributed by atoms with Gasteiger partial charge in [-0.15, -0.1) is 0 Å². The summed E-state index contributed by atoms with van der Waals surface area (Å²) in [5.74, 6) is 0.642. The molecule has 0 bridgehead atoms. The summed E-state index contributed by atoms with van der Waals surface area (Å²) in [5.41, 5.74) is 1.24. The lowest BCUT2D eigenvalue weighted by atomic mass is 9.78. The highest BCUT2D eigenvalue weighted by molar-refractivity contribution is 6.42. The fraction of sp³-hybridized carbons (Fsp3) is 0.478. The molecule has 32 heavy (non-hydrogen) atoms. The number of ether oxygens (including phenoxy) is 2. The van der Waals surface area contributed by atoms with Crippen LogP contribution in [0.25, 0.3) is 0 Å². The molecule has 0 N–H and O–H groups in total. The minimum atomic E-state index is -0.177. The van der Waals surface area contributed by atoms with Crippen molar-refractivity contribution in [1.29, 1.82) is 0 Å². The Morgan fingerprint density at radius 3 is 2.53 bits per heavy atom. The van der Waals surface area contributed by atoms with Crippen LogP contribution in [0.15, 0.2) is 36.5 Å². The lowest BCUT2D eigenvalue weighted by Gasteiger charge is -2.55. The van der Waals surface area contributed by atoms with Gasteiger partial charge >= 0.3 is 6.03 Å². The third kappa shape index (κ3) is 4.14. The van der Waals surface area contributed by atoms with Crippen LogP contribution in [0.1, 0.15) is 18.4 Å². The van der Waals surface area contributed by atoms with Gasteiger partial charge in [0.1, 0.15) is 6.10 Å². The van der Waals surface area contributed by atoms with Gasteiger partial charge in [0.25, 0.3) is 0 Å². The van der Waals surface area contributed by atoms with Crippen molar-refractivity contribution in [2.24, 2.45) is 11.3 Å². The van der Waals surface area contributed by atoms with Gasteiger partial charge in [-0.3, -0.25) is 0 Å². The number of urea groups is 1. The van der Waals surface area contributed by atoms with Gasteiger partial charge in [0.15, 0.2) is 0 Å². The molecule has 2 amide bonds. The zero-order valence-electron chi connectivity index (χ0n) is 17.6. The highest BCUT2D eigenvalue weighted by Crippen LogP contribution is 2.41. The van der Waals surface area contributed by atoms with E-state index in [0.29, 0.717) is 34.0 Å². The van der Waals surface area contributed by atoms with Crippen LogP contribution >= 0.6 is 34.8 Å². The smallest absolute Gasteiger partial charge is 0.320 e. The van der Waals surface area contributed by atoms with E-state index in [-0.39, 0.29) is 29.4 Å². The van der Waals surface area contributed by atoms with Crippen molar-refractivity contribution in [1.82, 2.24) is 14.8 Å². The molecule has 6 nitrogen and oxygen atoms in total. The van der Waals surface area contributed by atoms with E-state index >= 15 is 0 Å². The number of nitrogens with zero attached hydrogens (tertiary/aromatic N) is 3. The van der Waals surface area contributed by atoms with E-state index < -0.39 is 0 Å². The van der Waals surface area contributed by atoms with Crippen molar-refractivity contribution in [2.45, 2.75) is 18.9 Å². The molecule has 0 unspecified atom stereocenters. The molecule has 2 aromatic rings. The van der Waals surface area contributed by atoms with Crippen molar-refractivity contribution >= 4 is 40.8 Å². The first-order chi connectivity index (χ1) is 15.3. The number of hydrogen-bond acceptors (Lipinski definition) is 4. The Morgan fingerprint density at radius 2 is 1.91 bits per heavy atom. The van der Waals surface area contributed by atoms with Gasteiger partial charge in [-0.2, -0.15) is 0 Å². The van der Waals surface area contributed by atoms with Gasteiger partial charge in [0, 0.05) is 50.3 Å². The minimum Gasteiger partial charge on any atom is -0.474 e. The number of hydrogen-bond donors (Lipinski definition) is 0. The molecular formula is C23H24Cl3N3O3. The van der Waals surface area contributed by atoms with Crippen LogP contribution in [-0.2, 0) is 4.74 Å². The second-order valence-electron chi connectivity index (χ2n) is 9.12. The second kappa shape index (κ2) is 8.56. The fourth-order valence-corrected chi connectivity index (χ4v) is 5.36. The van der Waals surface area contributed by atoms with Crippen LogP contribution in [-0.4, -0.2) is 66.3 Å². The van der Waals surface area contributed by atoms with Crippen LogP contribution in [0.3, 0.4) is 0 Å². The molecule has 1 spiro atoms. The molecule has 0 radical (unpaired) electrons. The van der Waals surface area contributed by atoms with Gasteiger partial charge in [0.05, 0.1) is 33.7 Å². The van der Waals surface area contributed by atoms with Crippen molar-refractivity contribution in [3.05, 3.63) is 57.2 Å². The summed E-state index contributed by atoms with van der Waals surface area (Å²) in [6.45, 7) is 6.26. The Kier molecular flexibility index (Phi) is 5.91. The molecule has 4 heterocycles. The Bertz CT molecular complexity index is 1010. The van der Waals surface area contributed by atoms with Gasteiger partial charge in [-0.1, -0.05) is 40.9 Å². The van der Waals surface area contributed by atoms with Crippen LogP contribution in [0.4, 0.5) is 4.79 Å². The largest absolute Gasteiger partial charge is 0.474 e. The lowest BCUT2D eigenvalue weighted by molar-refractivity contribution is -0.177. The number of likely N-dealkylation sites (tertiary alicyclic amines) is 2. The third-order valence-electron chi connectivity index (χ3n) is 6.76. The van der Waals surface area contributed by atoms with Gasteiger partial charge in [-0.25, -0.2) is 9.78 Å². The predicted molar refractivity (Wildman–Crippen MR) is 124 cm³/mol. The zero-order chi connectivity index (χ0) is 22.5. The van der Waals surface area contributed by atoms with Crippen LogP contribution in [0, 0.1) is 11.3 Å². The SMILES string of the molecule is C[C@@H](Oc1ccc(Cl)cn1)[C@@H]1CN(C(=O)N2CC3(COC3)C2)C[C@H]1c1ccc(Cl)c(Cl)c1. The second-order valence-corrected chi connectivity index (χ2v) is 10.4. The van der Waals surface area contributed by atoms with E-state index in [1.165, 1.54) is 0 Å². The van der Waals surface area contributed by atoms with E-state index in [1.54, 1.807) is 18.3 Å². The maximum Gasteiger partial charge on any atom is 0.320 e. The van der Waals surface area contributed by atoms with Crippen molar-refractivity contribution < 1.29 is 14.3 Å². The standard InChI is InChI=1S/C23H24Cl3N3O3/c1-14(32-21-5-3-16(24)7-27-21)17-8-28(22(30)29-10-23(11-29)12-31-13-23)9-18(17)15-2-4-19(25)20(26)6-15/h2-7,14,17-18H,8-13H2,1H3/t14-,17+,18+/m1/s1. The molecule has 3 saturated heterocycles. The molecule has 3 atom stereocenters. The van der Waals surface area contributed by atoms with E-state index in [9.17, 15) is 4.79 Å². The summed E-state index contributed by atoms with van der Waals surface area (Å²) in [6, 6.07) is 9.27. The average Bonchev–Trinajstić information content (AvgIpc) is 3.15. The number of pyridine rings is 1. The first-order valence-corrected chi connectivity index (χ1v) is 11.8. The Hall–Kier alpha value is -1.73. The zero-order valence-corrected chi connectivity index (χ0v) is 19.9. The molecule has 3 fully saturated rings. The lowest BCUT2D eigenvalue weighted by Crippen LogP contribution is -2.68. The average molecular weight is 497 g/mol. The molecule has 3 aliphatic rings. The molecule has 0 aliphatic carbocycles. The maximum absolute atomic E-state index is 13.2. The first-order valence-electron chi connectivity index (χ1n) is 10.7. The Morgan fingerprint density at radius 1 is 1.12 bits per heavy atom. The van der Waals surface area contributed by atoms with Crippen molar-refractivity contribution in [3.8, 4) is 5.88 Å². The molecule has 1 aromatic heterocycles. The number of carbonyl (C=O) groups is 1. The van der Waals surface area contributed by atoms with E-state index in [0.717, 1.165) is 31.9 Å². The topological polar surface area (TPSA) is 54.9 Å². The van der Waals surface area contributed by atoms with Crippen LogP contribution in [0.2, 0.25) is 15.1 Å². The first kappa shape index (κ1) is 22.1. The molecule has 0 saturated carbocycles. The van der Waals surface area contributed by atoms with Gasteiger partial charge in [-0.05, 0) is 30.7 Å². The number of rotatable bonds is 4. The third-order valence-corrected chi connectivity index (χ3v) is 7.72. The molecule has 3 aliphatic heterocycles. The van der Waals surface area contributed by atoms with Crippen molar-refractivity contribution in [2.75, 3.05) is 39.4 Å². The van der Waals surface area contributed by atoms with E-state index in [1.807, 2.05) is 34.9 Å². The summed E-state index contributed by atoms with van der Waals surface area (Å²) in [5, 5.41) is 1.58. The number of amides is 2. The minimum absolute atomic E-state index is 0.0657. The quantitative estimate of drug-likeness (QED) is 0.599. The summed E-state index contributed by atoms with van der Waals surface area (Å²) in [6.07, 6.45) is 1.39. The Balaban J connectivity index is 1.34. The number of aromatic nitrogens is 1. The predicted octanol–water partition coefficient (Wildman–Crippen LogP) is 4.98. The monoisotopic (exact) mass is 495 g/mol. The molecule has 1 aromatic carbocycles. The summed E-state index contributed by atoms with van der Waals surface area (Å²) in [7, 11) is 0. The van der Waals surface area contributed by atoms with E-state index in [4.69, 9.17) is 44.3 Å². The molecular weight excluding hydrogens is 473 g/mol. The highest BCUT2D eigenvalue weighted by atomic mass is 35.5. The fourth-order valence-electron chi connectivity index (χ4n) is 4.94. The van der Waals surface area contributed by atoms with Crippen LogP contribution in [0.5, 0.6) is 5.88 Å². The number of benzene rings is 1. The highest BCUT2D eigenvalue weighted by Gasteiger charge is 2.52. The van der Waals surface area contributed by atoms with Gasteiger partial charge in [0.2, 0.25) is 5.88 Å². The maximum atomic E-state index is 13.2. The molecule has 5 rings (SSSR count). The number of carbonyl (C=O) groups excluding carboxylic acids is 1. The normalized spacial score (nSPS) is 24.8. The molecule has 170 valence electrons. The van der Waals surface area contributed by atoms with E-state index in [2.05, 4.69) is 4.98 Å². The Labute approximate surface area is 202 Å². The summed E-state index contributed by atoms with van der Waals surface area (Å²) in [4.78, 5) is 21.3. The van der Waals surface area contributed by atoms with Crippen molar-refractivity contribution in [3.63, 3.8) is 0 Å². The van der Waals surface area contributed by atoms with Gasteiger partial charge < -0.3 is 19.3 Å². The summed E-state index contributed by atoms with van der Waals surface area (Å²) < 4.78 is 11.5. The molecule has 9 heteroatoms.